The van der Waals surface area contributed by atoms with E-state index in [0.29, 0.717) is 35.6 Å². The Morgan fingerprint density at radius 2 is 2.18 bits per heavy atom. The van der Waals surface area contributed by atoms with Gasteiger partial charge < -0.3 is 14.6 Å². The number of halogens is 1. The number of likely N-dealkylation sites (tertiary alicyclic amines) is 1. The van der Waals surface area contributed by atoms with Gasteiger partial charge in [0.25, 0.3) is 0 Å². The lowest BCUT2D eigenvalue weighted by Crippen LogP contribution is -2.39. The highest BCUT2D eigenvalue weighted by Gasteiger charge is 2.33. The number of amides is 2. The van der Waals surface area contributed by atoms with Gasteiger partial charge in [-0.15, -0.1) is 0 Å². The molecule has 0 aliphatic carbocycles. The fourth-order valence-corrected chi connectivity index (χ4v) is 3.69. The third kappa shape index (κ3) is 3.59. The Morgan fingerprint density at radius 1 is 1.32 bits per heavy atom. The summed E-state index contributed by atoms with van der Waals surface area (Å²) >= 11 is 0. The molecule has 3 aromatic rings. The molecule has 0 saturated carbocycles. The maximum absolute atomic E-state index is 14.1. The largest absolute Gasteiger partial charge is 0.438 e. The van der Waals surface area contributed by atoms with Gasteiger partial charge in [-0.1, -0.05) is 37.6 Å². The molecule has 1 atom stereocenters. The monoisotopic (exact) mass is 381 g/mol. The van der Waals surface area contributed by atoms with Crippen LogP contribution in [0.3, 0.4) is 0 Å². The molecule has 146 valence electrons. The fourth-order valence-electron chi connectivity index (χ4n) is 3.69. The minimum atomic E-state index is -0.267. The zero-order valence-corrected chi connectivity index (χ0v) is 16.0. The minimum Gasteiger partial charge on any atom is -0.438 e. The van der Waals surface area contributed by atoms with Crippen molar-refractivity contribution in [3.63, 3.8) is 0 Å². The topological polar surface area (TPSA) is 58.4 Å². The van der Waals surface area contributed by atoms with Gasteiger partial charge in [-0.05, 0) is 43.0 Å². The second-order valence-electron chi connectivity index (χ2n) is 7.15. The number of carbonyl (C=O) groups excluding carboxylic acids is 1. The number of carbonyl (C=O) groups is 1. The Morgan fingerprint density at radius 3 is 3.00 bits per heavy atom. The molecule has 2 aromatic carbocycles. The number of nitrogens with one attached hydrogen (secondary N) is 1. The summed E-state index contributed by atoms with van der Waals surface area (Å²) < 4.78 is 20.1. The van der Waals surface area contributed by atoms with E-state index in [1.165, 1.54) is 6.07 Å². The number of fused-ring (bicyclic) bond motifs is 1. The molecule has 1 saturated heterocycles. The van der Waals surface area contributed by atoms with Crippen molar-refractivity contribution in [3.8, 4) is 11.1 Å². The molecule has 1 N–H and O–H groups in total. The van der Waals surface area contributed by atoms with Crippen LogP contribution in [0.2, 0.25) is 0 Å². The van der Waals surface area contributed by atoms with Crippen LogP contribution in [0.25, 0.3) is 22.2 Å². The van der Waals surface area contributed by atoms with E-state index in [0.717, 1.165) is 31.2 Å². The van der Waals surface area contributed by atoms with Crippen molar-refractivity contribution in [2.75, 3.05) is 13.1 Å². The summed E-state index contributed by atoms with van der Waals surface area (Å²) in [6.07, 6.45) is 3.75. The van der Waals surface area contributed by atoms with Crippen molar-refractivity contribution >= 4 is 17.1 Å². The summed E-state index contributed by atoms with van der Waals surface area (Å²) in [5.41, 5.74) is 2.61. The molecular weight excluding hydrogens is 357 g/mol. The predicted octanol–water partition coefficient (Wildman–Crippen LogP) is 5.28. The molecule has 2 amide bonds. The molecule has 28 heavy (non-hydrogen) atoms. The first kappa shape index (κ1) is 18.5. The Hall–Kier alpha value is -2.89. The highest BCUT2D eigenvalue weighted by molar-refractivity contribution is 5.81. The van der Waals surface area contributed by atoms with Gasteiger partial charge in [-0.2, -0.15) is 0 Å². The van der Waals surface area contributed by atoms with Gasteiger partial charge >= 0.3 is 6.03 Å². The average molecular weight is 381 g/mol. The summed E-state index contributed by atoms with van der Waals surface area (Å²) in [6, 6.07) is 11.9. The Bertz CT molecular complexity index is 985. The van der Waals surface area contributed by atoms with E-state index in [9.17, 15) is 9.18 Å². The summed E-state index contributed by atoms with van der Waals surface area (Å²) in [4.78, 5) is 18.9. The lowest BCUT2D eigenvalue weighted by molar-refractivity contribution is 0.185. The number of hydrogen-bond acceptors (Lipinski definition) is 3. The molecule has 0 radical (unpaired) electrons. The van der Waals surface area contributed by atoms with Gasteiger partial charge in [0.15, 0.2) is 5.58 Å². The smallest absolute Gasteiger partial charge is 0.318 e. The summed E-state index contributed by atoms with van der Waals surface area (Å²) in [7, 11) is 0. The average Bonchev–Trinajstić information content (AvgIpc) is 3.34. The minimum absolute atomic E-state index is 0.0646. The van der Waals surface area contributed by atoms with Crippen LogP contribution in [-0.4, -0.2) is 29.0 Å². The van der Waals surface area contributed by atoms with Gasteiger partial charge in [0.05, 0.1) is 0 Å². The van der Waals surface area contributed by atoms with Crippen LogP contribution in [0.15, 0.2) is 46.9 Å². The molecule has 1 aliphatic rings. The highest BCUT2D eigenvalue weighted by Crippen LogP contribution is 2.34. The van der Waals surface area contributed by atoms with E-state index in [-0.39, 0.29) is 17.9 Å². The number of nitrogens with zero attached hydrogens (tertiary/aromatic N) is 2. The number of unbranched alkanes of at least 4 members (excludes halogenated alkanes) is 1. The zero-order chi connectivity index (χ0) is 19.5. The van der Waals surface area contributed by atoms with E-state index < -0.39 is 0 Å². The van der Waals surface area contributed by atoms with Gasteiger partial charge in [0.1, 0.15) is 17.4 Å². The first-order chi connectivity index (χ1) is 13.7. The molecule has 6 heteroatoms. The van der Waals surface area contributed by atoms with Gasteiger partial charge in [-0.3, -0.25) is 0 Å². The molecule has 2 heterocycles. The second-order valence-corrected chi connectivity index (χ2v) is 7.15. The molecule has 0 bridgehead atoms. The van der Waals surface area contributed by atoms with Crippen molar-refractivity contribution < 1.29 is 13.6 Å². The van der Waals surface area contributed by atoms with Crippen LogP contribution < -0.4 is 5.32 Å². The molecule has 0 unspecified atom stereocenters. The van der Waals surface area contributed by atoms with Crippen molar-refractivity contribution in [1.29, 1.82) is 0 Å². The van der Waals surface area contributed by atoms with Crippen LogP contribution in [0.4, 0.5) is 9.18 Å². The zero-order valence-electron chi connectivity index (χ0n) is 16.0. The maximum atomic E-state index is 14.1. The number of rotatable bonds is 5. The van der Waals surface area contributed by atoms with E-state index in [1.807, 2.05) is 24.3 Å². The molecule has 0 spiro atoms. The van der Waals surface area contributed by atoms with Crippen LogP contribution in [0.1, 0.15) is 44.5 Å². The number of urea groups is 1. The standard InChI is InChI=1S/C22H24FN3O2/c1-2-3-12-24-22(27)26-13-6-9-19(26)21-25-18-14-15(10-11-20(18)28-21)16-7-4-5-8-17(16)23/h4-5,7-8,10-11,14,19H,2-3,6,9,12-13H2,1H3,(H,24,27)/t19-/m0/s1. The van der Waals surface area contributed by atoms with Crippen LogP contribution >= 0.6 is 0 Å². The summed E-state index contributed by atoms with van der Waals surface area (Å²) in [6.45, 7) is 3.47. The van der Waals surface area contributed by atoms with Crippen LogP contribution in [-0.2, 0) is 0 Å². The lowest BCUT2D eigenvalue weighted by atomic mass is 10.0. The molecule has 1 aliphatic heterocycles. The third-order valence-electron chi connectivity index (χ3n) is 5.19. The summed E-state index contributed by atoms with van der Waals surface area (Å²) in [5, 5.41) is 2.97. The molecule has 1 aromatic heterocycles. The van der Waals surface area contributed by atoms with E-state index in [1.54, 1.807) is 17.0 Å². The lowest BCUT2D eigenvalue weighted by Gasteiger charge is -2.22. The predicted molar refractivity (Wildman–Crippen MR) is 106 cm³/mol. The number of hydrogen-bond donors (Lipinski definition) is 1. The molecular formula is C22H24FN3O2. The van der Waals surface area contributed by atoms with E-state index >= 15 is 0 Å². The number of oxazole rings is 1. The maximum Gasteiger partial charge on any atom is 0.318 e. The quantitative estimate of drug-likeness (QED) is 0.612. The molecule has 5 nitrogen and oxygen atoms in total. The Kier molecular flexibility index (Phi) is 5.28. The van der Waals surface area contributed by atoms with Crippen molar-refractivity contribution in [2.45, 2.75) is 38.6 Å². The van der Waals surface area contributed by atoms with Gasteiger partial charge in [0, 0.05) is 18.7 Å². The Labute approximate surface area is 163 Å². The fraction of sp³-hybridized carbons (Fsp3) is 0.364. The number of benzene rings is 2. The van der Waals surface area contributed by atoms with Crippen LogP contribution in [0, 0.1) is 5.82 Å². The SMILES string of the molecule is CCCCNC(=O)N1CCC[C@H]1c1nc2cc(-c3ccccc3F)ccc2o1. The Balaban J connectivity index is 1.59. The van der Waals surface area contributed by atoms with Gasteiger partial charge in [-0.25, -0.2) is 14.2 Å². The first-order valence-electron chi connectivity index (χ1n) is 9.87. The third-order valence-corrected chi connectivity index (χ3v) is 5.19. The van der Waals surface area contributed by atoms with Crippen molar-refractivity contribution in [2.24, 2.45) is 0 Å². The van der Waals surface area contributed by atoms with Crippen molar-refractivity contribution in [1.82, 2.24) is 15.2 Å². The number of aromatic nitrogens is 1. The normalized spacial score (nSPS) is 16.6. The first-order valence-corrected chi connectivity index (χ1v) is 9.87. The highest BCUT2D eigenvalue weighted by atomic mass is 19.1. The van der Waals surface area contributed by atoms with E-state index in [4.69, 9.17) is 4.42 Å². The van der Waals surface area contributed by atoms with E-state index in [2.05, 4.69) is 17.2 Å². The van der Waals surface area contributed by atoms with Crippen LogP contribution in [0.5, 0.6) is 0 Å². The molecule has 1 fully saturated rings. The van der Waals surface area contributed by atoms with Gasteiger partial charge in [0.2, 0.25) is 5.89 Å². The molecule has 4 rings (SSSR count). The second kappa shape index (κ2) is 8.00. The summed E-state index contributed by atoms with van der Waals surface area (Å²) in [5.74, 6) is 0.278. The van der Waals surface area contributed by atoms with Crippen molar-refractivity contribution in [3.05, 3.63) is 54.2 Å².